The Balaban J connectivity index is 1.95. The van der Waals surface area contributed by atoms with Crippen LogP contribution in [0.2, 0.25) is 0 Å². The molecule has 0 bridgehead atoms. The maximum atomic E-state index is 11.7. The molecule has 0 aromatic carbocycles. The van der Waals surface area contributed by atoms with Crippen molar-refractivity contribution in [2.45, 2.75) is 116 Å². The summed E-state index contributed by atoms with van der Waals surface area (Å²) in [5.74, 6) is 0.223. The predicted molar refractivity (Wildman–Crippen MR) is 124 cm³/mol. The third-order valence-electron chi connectivity index (χ3n) is 5.43. The third kappa shape index (κ3) is 11.5. The van der Waals surface area contributed by atoms with Crippen molar-refractivity contribution in [3.8, 4) is 0 Å². The molecule has 0 N–H and O–H groups in total. The van der Waals surface area contributed by atoms with Crippen molar-refractivity contribution in [2.75, 3.05) is 7.11 Å². The van der Waals surface area contributed by atoms with Crippen molar-refractivity contribution in [2.24, 2.45) is 0 Å². The highest BCUT2D eigenvalue weighted by atomic mass is 35.5. The van der Waals surface area contributed by atoms with Gasteiger partial charge in [0.15, 0.2) is 0 Å². The van der Waals surface area contributed by atoms with Crippen molar-refractivity contribution in [1.82, 2.24) is 0 Å². The predicted octanol–water partition coefficient (Wildman–Crippen LogP) is 8.69. The van der Waals surface area contributed by atoms with Gasteiger partial charge >= 0.3 is 5.97 Å². The van der Waals surface area contributed by atoms with Gasteiger partial charge < -0.3 is 4.74 Å². The molecule has 2 nitrogen and oxygen atoms in total. The number of hydrogen-bond donors (Lipinski definition) is 0. The number of carbonyl (C=O) groups excluding carboxylic acids is 1. The van der Waals surface area contributed by atoms with E-state index < -0.39 is 0 Å². The fourth-order valence-electron chi connectivity index (χ4n) is 3.65. The number of halogens is 1. The molecule has 0 unspecified atom stereocenters. The van der Waals surface area contributed by atoms with Gasteiger partial charge in [-0.25, -0.2) is 4.79 Å². The SMILES string of the molecule is CCCCCCCCCCCCCCCCCc1sc(C(=O)OC)cc1CCl. The minimum atomic E-state index is -0.251. The molecule has 0 aliphatic carbocycles. The van der Waals surface area contributed by atoms with Gasteiger partial charge in [-0.3, -0.25) is 0 Å². The second-order valence-electron chi connectivity index (χ2n) is 7.88. The van der Waals surface area contributed by atoms with E-state index in [9.17, 15) is 4.79 Å². The number of thiophene rings is 1. The lowest BCUT2D eigenvalue weighted by Crippen LogP contribution is -1.96. The quantitative estimate of drug-likeness (QED) is 0.133. The largest absolute Gasteiger partial charge is 0.465 e. The van der Waals surface area contributed by atoms with Crippen LogP contribution in [-0.4, -0.2) is 13.1 Å². The number of unbranched alkanes of at least 4 members (excludes halogenated alkanes) is 14. The molecule has 4 heteroatoms. The van der Waals surface area contributed by atoms with Crippen LogP contribution in [0.4, 0.5) is 0 Å². The first-order chi connectivity index (χ1) is 13.7. The van der Waals surface area contributed by atoms with Crippen LogP contribution < -0.4 is 0 Å². The Morgan fingerprint density at radius 1 is 0.857 bits per heavy atom. The molecule has 1 rings (SSSR count). The van der Waals surface area contributed by atoms with Crippen LogP contribution >= 0.6 is 22.9 Å². The highest BCUT2D eigenvalue weighted by Gasteiger charge is 2.14. The first-order valence-corrected chi connectivity index (χ1v) is 12.8. The molecule has 0 spiro atoms. The van der Waals surface area contributed by atoms with Gasteiger partial charge in [-0.05, 0) is 24.5 Å². The number of esters is 1. The molecule has 0 saturated heterocycles. The van der Waals surface area contributed by atoms with Gasteiger partial charge in [0.25, 0.3) is 0 Å². The van der Waals surface area contributed by atoms with Crippen molar-refractivity contribution < 1.29 is 9.53 Å². The summed E-state index contributed by atoms with van der Waals surface area (Å²) < 4.78 is 4.81. The normalized spacial score (nSPS) is 11.1. The minimum Gasteiger partial charge on any atom is -0.465 e. The molecule has 1 aromatic rings. The van der Waals surface area contributed by atoms with Crippen molar-refractivity contribution in [3.63, 3.8) is 0 Å². The van der Waals surface area contributed by atoms with Gasteiger partial charge in [0.2, 0.25) is 0 Å². The lowest BCUT2D eigenvalue weighted by molar-refractivity contribution is 0.0606. The second kappa shape index (κ2) is 17.3. The van der Waals surface area contributed by atoms with E-state index in [-0.39, 0.29) is 5.97 Å². The number of rotatable bonds is 18. The number of carbonyl (C=O) groups is 1. The van der Waals surface area contributed by atoms with Gasteiger partial charge in [-0.1, -0.05) is 96.8 Å². The zero-order valence-corrected chi connectivity index (χ0v) is 19.8. The number of ether oxygens (including phenoxy) is 1. The van der Waals surface area contributed by atoms with Gasteiger partial charge in [-0.15, -0.1) is 22.9 Å². The Hall–Kier alpha value is -0.540. The first-order valence-electron chi connectivity index (χ1n) is 11.5. The fraction of sp³-hybridized carbons (Fsp3) is 0.792. The number of methoxy groups -OCH3 is 1. The molecule has 0 amide bonds. The zero-order chi connectivity index (χ0) is 20.5. The van der Waals surface area contributed by atoms with Crippen molar-refractivity contribution in [1.29, 1.82) is 0 Å². The summed E-state index contributed by atoms with van der Waals surface area (Å²) in [6.45, 7) is 2.28. The summed E-state index contributed by atoms with van der Waals surface area (Å²) in [5, 5.41) is 0. The molecule has 0 saturated carbocycles. The van der Waals surface area contributed by atoms with Gasteiger partial charge in [-0.2, -0.15) is 0 Å². The average Bonchev–Trinajstić information content (AvgIpc) is 3.13. The second-order valence-corrected chi connectivity index (χ2v) is 9.29. The number of alkyl halides is 1. The Bertz CT molecular complexity index is 513. The highest BCUT2D eigenvalue weighted by Crippen LogP contribution is 2.27. The molecule has 1 heterocycles. The maximum Gasteiger partial charge on any atom is 0.348 e. The number of aryl methyl sites for hydroxylation is 1. The van der Waals surface area contributed by atoms with E-state index in [1.54, 1.807) is 11.3 Å². The van der Waals surface area contributed by atoms with E-state index in [0.29, 0.717) is 10.8 Å². The molecule has 162 valence electrons. The zero-order valence-electron chi connectivity index (χ0n) is 18.2. The van der Waals surface area contributed by atoms with E-state index >= 15 is 0 Å². The Morgan fingerprint density at radius 2 is 1.32 bits per heavy atom. The van der Waals surface area contributed by atoms with E-state index in [4.69, 9.17) is 16.3 Å². The lowest BCUT2D eigenvalue weighted by atomic mass is 10.0. The molecular formula is C24H41ClO2S. The summed E-state index contributed by atoms with van der Waals surface area (Å²) in [7, 11) is 1.43. The fourth-order valence-corrected chi connectivity index (χ4v) is 5.11. The summed E-state index contributed by atoms with van der Waals surface area (Å²) in [6, 6.07) is 1.89. The van der Waals surface area contributed by atoms with Crippen LogP contribution in [0.15, 0.2) is 6.07 Å². The molecule has 0 aliphatic heterocycles. The minimum absolute atomic E-state index is 0.251. The lowest BCUT2D eigenvalue weighted by Gasteiger charge is -2.04. The average molecular weight is 429 g/mol. The van der Waals surface area contributed by atoms with Gasteiger partial charge in [0.1, 0.15) is 4.88 Å². The van der Waals surface area contributed by atoms with Crippen molar-refractivity contribution >= 4 is 28.9 Å². The Labute approximate surface area is 182 Å². The van der Waals surface area contributed by atoms with E-state index in [1.807, 2.05) is 6.07 Å². The first kappa shape index (κ1) is 25.5. The molecule has 1 aromatic heterocycles. The summed E-state index contributed by atoms with van der Waals surface area (Å²) in [4.78, 5) is 13.6. The van der Waals surface area contributed by atoms with Gasteiger partial charge in [0, 0.05) is 10.8 Å². The van der Waals surface area contributed by atoms with Gasteiger partial charge in [0.05, 0.1) is 7.11 Å². The smallest absolute Gasteiger partial charge is 0.348 e. The van der Waals surface area contributed by atoms with Crippen LogP contribution in [0.25, 0.3) is 0 Å². The Morgan fingerprint density at radius 3 is 1.75 bits per heavy atom. The van der Waals surface area contributed by atoms with Crippen LogP contribution in [-0.2, 0) is 17.0 Å². The molecule has 0 atom stereocenters. The monoisotopic (exact) mass is 428 g/mol. The van der Waals surface area contributed by atoms with Crippen LogP contribution in [0.3, 0.4) is 0 Å². The van der Waals surface area contributed by atoms with E-state index in [2.05, 4.69) is 6.92 Å². The maximum absolute atomic E-state index is 11.7. The molecule has 28 heavy (non-hydrogen) atoms. The summed E-state index contributed by atoms with van der Waals surface area (Å²) >= 11 is 7.56. The highest BCUT2D eigenvalue weighted by molar-refractivity contribution is 7.14. The topological polar surface area (TPSA) is 26.3 Å². The van der Waals surface area contributed by atoms with E-state index in [1.165, 1.54) is 108 Å². The molecule has 0 aliphatic rings. The molecule has 0 fully saturated rings. The number of hydrogen-bond acceptors (Lipinski definition) is 3. The van der Waals surface area contributed by atoms with Crippen LogP contribution in [0.5, 0.6) is 0 Å². The third-order valence-corrected chi connectivity index (χ3v) is 6.94. The van der Waals surface area contributed by atoms with E-state index in [0.717, 1.165) is 12.0 Å². The standard InChI is InChI=1S/C24H41ClO2S/c1-3-4-5-6-7-8-9-10-11-12-13-14-15-16-17-18-22-21(20-25)19-23(28-22)24(26)27-2/h19H,3-18,20H2,1-2H3. The van der Waals surface area contributed by atoms with Crippen molar-refractivity contribution in [3.05, 3.63) is 21.4 Å². The summed E-state index contributed by atoms with van der Waals surface area (Å²) in [5.41, 5.74) is 1.09. The summed E-state index contributed by atoms with van der Waals surface area (Å²) in [6.07, 6.45) is 21.7. The molecular weight excluding hydrogens is 388 g/mol. The molecule has 0 radical (unpaired) electrons. The van der Waals surface area contributed by atoms with Crippen LogP contribution in [0, 0.1) is 0 Å². The van der Waals surface area contributed by atoms with Crippen LogP contribution in [0.1, 0.15) is 123 Å². The Kier molecular flexibility index (Phi) is 15.8.